The quantitative estimate of drug-likeness (QED) is 0.152. The van der Waals surface area contributed by atoms with Gasteiger partial charge < -0.3 is 58.7 Å². The Morgan fingerprint density at radius 3 is 2.59 bits per heavy atom. The van der Waals surface area contributed by atoms with Crippen LogP contribution >= 0.6 is 0 Å². The lowest BCUT2D eigenvalue weighted by Crippen LogP contribution is -2.55. The van der Waals surface area contributed by atoms with Crippen molar-refractivity contribution in [3.63, 3.8) is 0 Å². The number of likely N-dealkylation sites (N-methyl/N-ethyl adjacent to an activating group) is 2. The molecule has 17 heteroatoms. The number of rotatable bonds is 12. The summed E-state index contributed by atoms with van der Waals surface area (Å²) in [6.07, 6.45) is -5.45. The average molecular weight is 784 g/mol. The number of aliphatic hydroxyl groups is 1. The number of nitrogens with zero attached hydrogens (tertiary/aromatic N) is 2. The molecule has 0 spiro atoms. The summed E-state index contributed by atoms with van der Waals surface area (Å²) >= 11 is 0. The maximum atomic E-state index is 14.1. The molecule has 304 valence electrons. The van der Waals surface area contributed by atoms with Crippen molar-refractivity contribution in [2.45, 2.75) is 87.8 Å². The van der Waals surface area contributed by atoms with E-state index in [9.17, 15) is 34.5 Å². The first-order valence-corrected chi connectivity index (χ1v) is 18.8. The predicted molar refractivity (Wildman–Crippen MR) is 194 cm³/mol. The number of methoxy groups -OCH3 is 2. The summed E-state index contributed by atoms with van der Waals surface area (Å²) < 4.78 is 41.2. The Labute approximate surface area is 323 Å². The van der Waals surface area contributed by atoms with Gasteiger partial charge >= 0.3 is 6.09 Å². The van der Waals surface area contributed by atoms with Crippen molar-refractivity contribution in [1.82, 2.24) is 15.1 Å². The van der Waals surface area contributed by atoms with E-state index in [-0.39, 0.29) is 72.4 Å². The number of amides is 1. The number of fused-ring (bicyclic) bond motifs is 6. The number of hydrogen-bond donors (Lipinski definition) is 4. The fourth-order valence-electron chi connectivity index (χ4n) is 8.65. The van der Waals surface area contributed by atoms with E-state index >= 15 is 0 Å². The number of nitrogens with one attached hydrogen (secondary N) is 1. The molecule has 8 atom stereocenters. The van der Waals surface area contributed by atoms with E-state index in [2.05, 4.69) is 10.2 Å². The van der Waals surface area contributed by atoms with Gasteiger partial charge in [-0.25, -0.2) is 4.79 Å². The highest BCUT2D eigenvalue weighted by molar-refractivity contribution is 6.31. The molecule has 0 bridgehead atoms. The molecule has 2 aromatic rings. The Kier molecular flexibility index (Phi) is 11.4. The van der Waals surface area contributed by atoms with Gasteiger partial charge in [-0.15, -0.1) is 0 Å². The Morgan fingerprint density at radius 2 is 1.86 bits per heavy atom. The topological polar surface area (TPSA) is 212 Å². The monoisotopic (exact) mass is 783 g/mol. The van der Waals surface area contributed by atoms with Gasteiger partial charge in [0.1, 0.15) is 29.0 Å². The predicted octanol–water partition coefficient (Wildman–Crippen LogP) is 1.79. The molecule has 17 nitrogen and oxygen atoms in total. The van der Waals surface area contributed by atoms with Crippen LogP contribution in [0.5, 0.6) is 17.2 Å². The molecule has 0 aromatic heterocycles. The summed E-state index contributed by atoms with van der Waals surface area (Å²) in [7, 11) is 6.24. The third-order valence-electron chi connectivity index (χ3n) is 11.5. The van der Waals surface area contributed by atoms with Crippen LogP contribution in [0.15, 0.2) is 18.2 Å². The van der Waals surface area contributed by atoms with Crippen LogP contribution < -0.4 is 10.1 Å². The van der Waals surface area contributed by atoms with Gasteiger partial charge in [-0.2, -0.15) is 0 Å². The van der Waals surface area contributed by atoms with Crippen molar-refractivity contribution < 1.29 is 67.7 Å². The highest BCUT2D eigenvalue weighted by Gasteiger charge is 2.55. The highest BCUT2D eigenvalue weighted by Crippen LogP contribution is 2.53. The minimum absolute atomic E-state index is 0.0346. The Bertz CT molecular complexity index is 1890. The van der Waals surface area contributed by atoms with Crippen LogP contribution in [0.1, 0.15) is 81.7 Å². The lowest BCUT2D eigenvalue weighted by Gasteiger charge is -2.43. The zero-order valence-corrected chi connectivity index (χ0v) is 32.1. The summed E-state index contributed by atoms with van der Waals surface area (Å²) in [5.74, 6) is -3.27. The second-order valence-corrected chi connectivity index (χ2v) is 14.9. The molecule has 5 aliphatic rings. The van der Waals surface area contributed by atoms with Crippen LogP contribution in [-0.4, -0.2) is 152 Å². The molecule has 1 unspecified atom stereocenters. The summed E-state index contributed by atoms with van der Waals surface area (Å²) in [6.45, 7) is 3.71. The van der Waals surface area contributed by atoms with E-state index < -0.39 is 89.1 Å². The number of phenolic OH excluding ortho intramolecular Hbond substituents is 2. The fraction of sp³-hybridized carbons (Fsp3) is 0.590. The Morgan fingerprint density at radius 1 is 1.09 bits per heavy atom. The van der Waals surface area contributed by atoms with Gasteiger partial charge in [0.2, 0.25) is 5.78 Å². The molecule has 3 heterocycles. The molecule has 0 saturated carbocycles. The van der Waals surface area contributed by atoms with Crippen molar-refractivity contribution in [3.8, 4) is 17.2 Å². The van der Waals surface area contributed by atoms with Gasteiger partial charge in [-0.3, -0.25) is 19.3 Å². The number of ketones is 3. The maximum absolute atomic E-state index is 14.1. The van der Waals surface area contributed by atoms with Crippen LogP contribution in [0.3, 0.4) is 0 Å². The maximum Gasteiger partial charge on any atom is 0.409 e. The normalized spacial score (nSPS) is 29.4. The number of benzene rings is 2. The lowest BCUT2D eigenvalue weighted by molar-refractivity contribution is -0.256. The van der Waals surface area contributed by atoms with Crippen molar-refractivity contribution >= 4 is 23.4 Å². The van der Waals surface area contributed by atoms with Crippen LogP contribution in [0.2, 0.25) is 0 Å². The fourth-order valence-corrected chi connectivity index (χ4v) is 8.65. The standard InChI is InChI=1S/C39H49N3O14/c1-19-35-22(42-13-15-52-37(51-5)36(42)56-35)16-26(54-19)55-24-18-39(49,25(43)10-7-14-53-38(48)41(3)12-11-40-2)17-21-28(24)34(47)30-29(32(21)45)31(44)20-8-6-9-23(50-4)27(20)33(30)46/h6,8-9,19,22,24,26,35-37,40,45,47,49H,7,10-18H2,1-5H3/t19-,22-,24-,26-,35?,36+,37-,39-/m0/s1. The van der Waals surface area contributed by atoms with E-state index in [4.69, 9.17) is 33.2 Å². The summed E-state index contributed by atoms with van der Waals surface area (Å²) in [4.78, 5) is 57.9. The van der Waals surface area contributed by atoms with E-state index in [0.29, 0.717) is 26.2 Å². The molecule has 2 aliphatic carbocycles. The number of phenols is 2. The molecule has 1 amide bonds. The summed E-state index contributed by atoms with van der Waals surface area (Å²) in [5, 5.41) is 39.0. The van der Waals surface area contributed by atoms with E-state index in [1.165, 1.54) is 30.2 Å². The van der Waals surface area contributed by atoms with Crippen molar-refractivity contribution in [1.29, 1.82) is 0 Å². The third kappa shape index (κ3) is 6.93. The molecule has 3 aliphatic heterocycles. The van der Waals surface area contributed by atoms with Crippen molar-refractivity contribution in [2.24, 2.45) is 0 Å². The van der Waals surface area contributed by atoms with Gasteiger partial charge in [0.15, 0.2) is 30.4 Å². The molecule has 3 saturated heterocycles. The van der Waals surface area contributed by atoms with Gasteiger partial charge in [-0.1, -0.05) is 12.1 Å². The minimum Gasteiger partial charge on any atom is -0.507 e. The molecule has 2 aromatic carbocycles. The number of ether oxygens (including phenoxy) is 7. The molecule has 3 fully saturated rings. The van der Waals surface area contributed by atoms with E-state index in [1.807, 2.05) is 6.92 Å². The lowest BCUT2D eigenvalue weighted by atomic mass is 9.71. The second kappa shape index (κ2) is 16.0. The molecular formula is C39H49N3O14. The highest BCUT2D eigenvalue weighted by atomic mass is 16.7. The zero-order chi connectivity index (χ0) is 40.1. The zero-order valence-electron chi connectivity index (χ0n) is 32.1. The van der Waals surface area contributed by atoms with Gasteiger partial charge in [-0.05, 0) is 26.5 Å². The van der Waals surface area contributed by atoms with Crippen LogP contribution in [0.25, 0.3) is 0 Å². The van der Waals surface area contributed by atoms with Gasteiger partial charge in [0.05, 0.1) is 49.2 Å². The van der Waals surface area contributed by atoms with Gasteiger partial charge in [0.25, 0.3) is 0 Å². The van der Waals surface area contributed by atoms with Crippen LogP contribution in [-0.2, 0) is 39.6 Å². The molecule has 0 radical (unpaired) electrons. The second-order valence-electron chi connectivity index (χ2n) is 14.9. The minimum atomic E-state index is -2.16. The van der Waals surface area contributed by atoms with Crippen molar-refractivity contribution in [2.75, 3.05) is 61.2 Å². The number of hydrogen-bond acceptors (Lipinski definition) is 16. The first-order valence-electron chi connectivity index (χ1n) is 18.8. The van der Waals surface area contributed by atoms with Gasteiger partial charge in [0, 0.05) is 82.2 Å². The Balaban J connectivity index is 1.20. The SMILES string of the molecule is CNCCN(C)C(=O)OCCCC(=O)[C@]1(O)Cc2c(O)c3c(c(O)c2[C@@H](O[C@H]2C[C@H]4C(O[C@@H]5[C@@H](OC)OCCN54)[C@H](C)O2)C1)C(=O)c1c(OC)cccc1C3=O. The van der Waals surface area contributed by atoms with Crippen molar-refractivity contribution in [3.05, 3.63) is 51.6 Å². The van der Waals surface area contributed by atoms with Crippen LogP contribution in [0.4, 0.5) is 4.79 Å². The smallest absolute Gasteiger partial charge is 0.409 e. The summed E-state index contributed by atoms with van der Waals surface area (Å²) in [5.41, 5.74) is -3.29. The average Bonchev–Trinajstić information content (AvgIpc) is 3.57. The number of morpholine rings is 1. The summed E-state index contributed by atoms with van der Waals surface area (Å²) in [6, 6.07) is 4.28. The molecular weight excluding hydrogens is 734 g/mol. The number of aromatic hydroxyl groups is 2. The Hall–Kier alpha value is -4.20. The third-order valence-corrected chi connectivity index (χ3v) is 11.5. The largest absolute Gasteiger partial charge is 0.507 e. The number of carbonyl (C=O) groups is 4. The first-order chi connectivity index (χ1) is 26.8. The molecule has 4 N–H and O–H groups in total. The first kappa shape index (κ1) is 40.0. The van der Waals surface area contributed by atoms with E-state index in [1.54, 1.807) is 21.2 Å². The molecule has 7 rings (SSSR count). The van der Waals surface area contributed by atoms with E-state index in [0.717, 1.165) is 0 Å². The number of carbonyl (C=O) groups excluding carboxylic acids is 4. The molecule has 56 heavy (non-hydrogen) atoms. The van der Waals surface area contributed by atoms with Crippen LogP contribution in [0, 0.1) is 0 Å². The number of Topliss-reactive ketones (excluding diaryl/α,β-unsaturated/α-hetero) is 1.